The van der Waals surface area contributed by atoms with E-state index in [9.17, 15) is 5.11 Å². The van der Waals surface area contributed by atoms with Crippen molar-refractivity contribution in [3.8, 4) is 5.75 Å². The number of nitrogens with zero attached hydrogens (tertiary/aromatic N) is 3. The van der Waals surface area contributed by atoms with E-state index < -0.39 is 0 Å². The largest absolute Gasteiger partial charge is 0.872 e. The second-order valence-corrected chi connectivity index (χ2v) is 9.01. The van der Waals surface area contributed by atoms with Gasteiger partial charge in [0.15, 0.2) is 5.71 Å². The summed E-state index contributed by atoms with van der Waals surface area (Å²) >= 11 is 0. The molecule has 0 N–H and O–H groups in total. The van der Waals surface area contributed by atoms with Gasteiger partial charge < -0.3 is 14.9 Å². The number of benzene rings is 3. The van der Waals surface area contributed by atoms with E-state index >= 15 is 0 Å². The van der Waals surface area contributed by atoms with Gasteiger partial charge in [-0.05, 0) is 58.7 Å². The van der Waals surface area contributed by atoms with Crippen molar-refractivity contribution >= 4 is 22.7 Å². The Morgan fingerprint density at radius 3 is 1.34 bits per heavy atom. The Balaban J connectivity index is 0.000000420. The molecule has 0 radical (unpaired) electrons. The Labute approximate surface area is 210 Å². The molecule has 4 nitrogen and oxygen atoms in total. The lowest BCUT2D eigenvalue weighted by atomic mass is 9.90. The molecule has 1 aliphatic carbocycles. The molecular formula is C31H35N3O. The van der Waals surface area contributed by atoms with Crippen LogP contribution < -0.4 is 14.9 Å². The molecule has 0 atom stereocenters. The molecule has 0 spiro atoms. The third-order valence-corrected chi connectivity index (χ3v) is 5.76. The van der Waals surface area contributed by atoms with Crippen molar-refractivity contribution in [2.24, 2.45) is 0 Å². The van der Waals surface area contributed by atoms with Gasteiger partial charge in [-0.1, -0.05) is 54.6 Å². The van der Waals surface area contributed by atoms with Crippen LogP contribution in [-0.2, 0) is 0 Å². The number of rotatable bonds is 4. The first-order valence-electron chi connectivity index (χ1n) is 11.7. The molecule has 0 saturated carbocycles. The molecule has 0 unspecified atom stereocenters. The molecule has 0 aliphatic heterocycles. The second-order valence-electron chi connectivity index (χ2n) is 9.01. The molecule has 180 valence electrons. The van der Waals surface area contributed by atoms with Crippen molar-refractivity contribution in [1.29, 1.82) is 0 Å². The topological polar surface area (TPSA) is 32.5 Å². The first-order chi connectivity index (χ1) is 16.8. The van der Waals surface area contributed by atoms with Crippen molar-refractivity contribution in [3.05, 3.63) is 120 Å². The summed E-state index contributed by atoms with van der Waals surface area (Å²) in [6, 6.07) is 25.9. The van der Waals surface area contributed by atoms with Gasteiger partial charge in [0, 0.05) is 51.7 Å². The lowest BCUT2D eigenvalue weighted by Gasteiger charge is -2.18. The van der Waals surface area contributed by atoms with Gasteiger partial charge in [0.1, 0.15) is 14.1 Å². The SMILES string of the molecule is CN(C)c1ccc(C(=C2C=CC(=[N+](C)C)C=C2)c2ccc(N(C)C)cc2)cc1.[O-]c1ccccc1. The zero-order chi connectivity index (χ0) is 25.4. The van der Waals surface area contributed by atoms with Crippen LogP contribution in [0.15, 0.2) is 109 Å². The fraction of sp³-hybridized carbons (Fsp3) is 0.194. The highest BCUT2D eigenvalue weighted by Gasteiger charge is 2.13. The predicted octanol–water partition coefficient (Wildman–Crippen LogP) is 5.22. The van der Waals surface area contributed by atoms with Crippen LogP contribution in [0.2, 0.25) is 0 Å². The lowest BCUT2D eigenvalue weighted by Crippen LogP contribution is -2.10. The van der Waals surface area contributed by atoms with Crippen LogP contribution in [-0.4, -0.2) is 52.6 Å². The first-order valence-corrected chi connectivity index (χ1v) is 11.7. The van der Waals surface area contributed by atoms with Crippen LogP contribution >= 0.6 is 0 Å². The minimum atomic E-state index is 0.0718. The van der Waals surface area contributed by atoms with E-state index in [4.69, 9.17) is 0 Å². The Hall–Kier alpha value is -4.05. The summed E-state index contributed by atoms with van der Waals surface area (Å²) in [6.45, 7) is 0. The van der Waals surface area contributed by atoms with Crippen LogP contribution in [0.1, 0.15) is 11.1 Å². The minimum Gasteiger partial charge on any atom is -0.872 e. The average Bonchev–Trinajstić information content (AvgIpc) is 2.86. The quantitative estimate of drug-likeness (QED) is 0.495. The number of hydrogen-bond donors (Lipinski definition) is 0. The van der Waals surface area contributed by atoms with Gasteiger partial charge in [-0.2, -0.15) is 0 Å². The Bertz CT molecular complexity index is 1160. The maximum Gasteiger partial charge on any atom is 0.199 e. The predicted molar refractivity (Wildman–Crippen MR) is 149 cm³/mol. The van der Waals surface area contributed by atoms with Gasteiger partial charge in [0.25, 0.3) is 0 Å². The van der Waals surface area contributed by atoms with Crippen LogP contribution in [0.3, 0.4) is 0 Å². The molecule has 1 aliphatic rings. The highest BCUT2D eigenvalue weighted by Crippen LogP contribution is 2.31. The van der Waals surface area contributed by atoms with E-state index in [1.165, 1.54) is 51.5 Å². The number of para-hydroxylation sites is 1. The molecule has 3 aromatic carbocycles. The van der Waals surface area contributed by atoms with E-state index in [1.54, 1.807) is 12.1 Å². The standard InChI is InChI=1S/C25H30N3.C6H6O/c1-26(2)22-13-7-19(8-14-22)25(20-9-15-23(16-10-20)27(3)4)21-11-17-24(18-12-21)28(5)6;7-6-4-2-1-3-5-6/h7-18H,1-6H3;1-5,7H/q+1;/p-1. The third-order valence-electron chi connectivity index (χ3n) is 5.76. The van der Waals surface area contributed by atoms with E-state index in [0.717, 1.165) is 0 Å². The van der Waals surface area contributed by atoms with Gasteiger partial charge >= 0.3 is 0 Å². The monoisotopic (exact) mass is 465 g/mol. The second kappa shape index (κ2) is 11.9. The van der Waals surface area contributed by atoms with Gasteiger partial charge in [0.05, 0.1) is 0 Å². The fourth-order valence-electron chi connectivity index (χ4n) is 3.70. The van der Waals surface area contributed by atoms with Crippen LogP contribution in [0.4, 0.5) is 11.4 Å². The summed E-state index contributed by atoms with van der Waals surface area (Å²) in [5.41, 5.74) is 8.53. The zero-order valence-corrected chi connectivity index (χ0v) is 21.6. The first kappa shape index (κ1) is 25.6. The van der Waals surface area contributed by atoms with Crippen molar-refractivity contribution in [2.75, 3.05) is 52.1 Å². The maximum absolute atomic E-state index is 10.3. The summed E-state index contributed by atoms with van der Waals surface area (Å²) in [4.78, 5) is 4.25. The van der Waals surface area contributed by atoms with E-state index in [1.807, 2.05) is 6.07 Å². The maximum atomic E-state index is 10.3. The normalized spacial score (nSPS) is 12.1. The number of anilines is 2. The van der Waals surface area contributed by atoms with Gasteiger partial charge in [0.2, 0.25) is 0 Å². The third kappa shape index (κ3) is 6.97. The van der Waals surface area contributed by atoms with Gasteiger partial charge in [-0.3, -0.25) is 0 Å². The summed E-state index contributed by atoms with van der Waals surface area (Å²) in [5, 5.41) is 10.3. The summed E-state index contributed by atoms with van der Waals surface area (Å²) in [5.74, 6) is 0.0718. The van der Waals surface area contributed by atoms with Gasteiger partial charge in [-0.15, -0.1) is 5.75 Å². The Morgan fingerprint density at radius 2 is 1.03 bits per heavy atom. The minimum absolute atomic E-state index is 0.0718. The molecule has 0 saturated heterocycles. The molecule has 3 aromatic rings. The molecule has 0 aromatic heterocycles. The molecule has 4 rings (SSSR count). The molecule has 0 heterocycles. The van der Waals surface area contributed by atoms with Crippen molar-refractivity contribution in [2.45, 2.75) is 0 Å². The van der Waals surface area contributed by atoms with Crippen LogP contribution in [0, 0.1) is 0 Å². The molecule has 0 fully saturated rings. The zero-order valence-electron chi connectivity index (χ0n) is 21.6. The summed E-state index contributed by atoms with van der Waals surface area (Å²) in [7, 11) is 12.4. The highest BCUT2D eigenvalue weighted by molar-refractivity contribution is 6.04. The number of hydrogen-bond acceptors (Lipinski definition) is 3. The summed E-state index contributed by atoms with van der Waals surface area (Å²) in [6.07, 6.45) is 8.78. The summed E-state index contributed by atoms with van der Waals surface area (Å²) < 4.78 is 2.13. The fourth-order valence-corrected chi connectivity index (χ4v) is 3.70. The Morgan fingerprint density at radius 1 is 0.600 bits per heavy atom. The molecule has 35 heavy (non-hydrogen) atoms. The highest BCUT2D eigenvalue weighted by atomic mass is 16.3. The molecule has 0 bridgehead atoms. The van der Waals surface area contributed by atoms with E-state index in [-0.39, 0.29) is 5.75 Å². The lowest BCUT2D eigenvalue weighted by molar-refractivity contribution is -0.462. The molecule has 0 amide bonds. The van der Waals surface area contributed by atoms with Crippen molar-refractivity contribution < 1.29 is 9.68 Å². The smallest absolute Gasteiger partial charge is 0.199 e. The Kier molecular flexibility index (Phi) is 8.69. The average molecular weight is 466 g/mol. The van der Waals surface area contributed by atoms with Crippen LogP contribution in [0.25, 0.3) is 5.57 Å². The van der Waals surface area contributed by atoms with Crippen molar-refractivity contribution in [1.82, 2.24) is 0 Å². The number of allylic oxidation sites excluding steroid dienone is 5. The molecular weight excluding hydrogens is 430 g/mol. The molecule has 4 heteroatoms. The van der Waals surface area contributed by atoms with Gasteiger partial charge in [-0.25, -0.2) is 4.58 Å². The van der Waals surface area contributed by atoms with E-state index in [0.29, 0.717) is 0 Å². The van der Waals surface area contributed by atoms with Crippen LogP contribution in [0.5, 0.6) is 5.75 Å². The van der Waals surface area contributed by atoms with Crippen molar-refractivity contribution in [3.63, 3.8) is 0 Å². The van der Waals surface area contributed by atoms with E-state index in [2.05, 4.69) is 129 Å².